The van der Waals surface area contributed by atoms with Crippen LogP contribution in [0.25, 0.3) is 0 Å². The van der Waals surface area contributed by atoms with Crippen molar-refractivity contribution in [1.82, 2.24) is 15.0 Å². The van der Waals surface area contributed by atoms with Gasteiger partial charge in [0.05, 0.1) is 24.3 Å². The first-order chi connectivity index (χ1) is 13.5. The van der Waals surface area contributed by atoms with E-state index in [2.05, 4.69) is 15.1 Å². The molecule has 2 heterocycles. The Hall–Kier alpha value is -2.90. The molecule has 0 spiro atoms. The predicted octanol–water partition coefficient (Wildman–Crippen LogP) is 3.26. The molecule has 1 amide bonds. The van der Waals surface area contributed by atoms with Gasteiger partial charge in [0.25, 0.3) is 0 Å². The molecule has 1 aromatic heterocycles. The number of benzene rings is 1. The molecule has 0 saturated heterocycles. The molecule has 3 fully saturated rings. The van der Waals surface area contributed by atoms with E-state index in [0.29, 0.717) is 24.5 Å². The summed E-state index contributed by atoms with van der Waals surface area (Å²) in [6.07, 6.45) is 8.99. The molecule has 0 radical (unpaired) electrons. The number of ether oxygens (including phenoxy) is 1. The second-order valence-electron chi connectivity index (χ2n) is 8.05. The Balaban J connectivity index is 1.25. The fraction of sp³-hybridized carbons (Fsp3) is 0.400. The molecule has 6 nitrogen and oxygen atoms in total. The lowest BCUT2D eigenvalue weighted by Crippen LogP contribution is -2.69. The quantitative estimate of drug-likeness (QED) is 0.794. The topological polar surface area (TPSA) is 67.7 Å². The zero-order valence-corrected chi connectivity index (χ0v) is 15.0. The van der Waals surface area contributed by atoms with E-state index >= 15 is 0 Å². The van der Waals surface area contributed by atoms with Crippen molar-refractivity contribution in [3.8, 4) is 5.88 Å². The van der Waals surface area contributed by atoms with Gasteiger partial charge in [-0.05, 0) is 37.0 Å². The minimum absolute atomic E-state index is 0.00290. The highest BCUT2D eigenvalue weighted by atomic mass is 19.1. The maximum atomic E-state index is 13.6. The Morgan fingerprint density at radius 1 is 1.18 bits per heavy atom. The molecular weight excluding hydrogens is 366 g/mol. The zero-order valence-electron chi connectivity index (χ0n) is 15.0. The largest absolute Gasteiger partial charge is 0.476 e. The number of amides is 1. The highest BCUT2D eigenvalue weighted by molar-refractivity contribution is 5.88. The van der Waals surface area contributed by atoms with E-state index in [9.17, 15) is 13.6 Å². The van der Waals surface area contributed by atoms with E-state index in [4.69, 9.17) is 4.74 Å². The van der Waals surface area contributed by atoms with Crippen LogP contribution in [0, 0.1) is 22.5 Å². The molecule has 144 valence electrons. The van der Waals surface area contributed by atoms with Crippen molar-refractivity contribution >= 4 is 12.1 Å². The SMILES string of the molecule is O=C(N1N=CCC1c1cc(F)cc(F)c1)C12CC(COc3cnccn3)(C1)C2. The summed E-state index contributed by atoms with van der Waals surface area (Å²) in [6, 6.07) is 2.90. The van der Waals surface area contributed by atoms with Gasteiger partial charge in [-0.1, -0.05) is 0 Å². The Kier molecular flexibility index (Phi) is 3.72. The normalized spacial score (nSPS) is 29.9. The van der Waals surface area contributed by atoms with E-state index in [1.807, 2.05) is 0 Å². The van der Waals surface area contributed by atoms with Crippen LogP contribution < -0.4 is 4.74 Å². The number of hydrogen-bond donors (Lipinski definition) is 0. The van der Waals surface area contributed by atoms with Gasteiger partial charge in [0.2, 0.25) is 11.8 Å². The average Bonchev–Trinajstić information content (AvgIpc) is 3.09. The van der Waals surface area contributed by atoms with Gasteiger partial charge >= 0.3 is 0 Å². The Morgan fingerprint density at radius 3 is 2.61 bits per heavy atom. The van der Waals surface area contributed by atoms with Gasteiger partial charge in [0.15, 0.2) is 0 Å². The summed E-state index contributed by atoms with van der Waals surface area (Å²) in [5.74, 6) is -0.901. The predicted molar refractivity (Wildman–Crippen MR) is 95.3 cm³/mol. The number of carbonyl (C=O) groups is 1. The fourth-order valence-electron chi connectivity index (χ4n) is 4.86. The molecule has 1 atom stereocenters. The lowest BCUT2D eigenvalue weighted by molar-refractivity contribution is -0.227. The second-order valence-corrected chi connectivity index (χ2v) is 8.05. The van der Waals surface area contributed by atoms with Crippen molar-refractivity contribution < 1.29 is 18.3 Å². The van der Waals surface area contributed by atoms with Gasteiger partial charge in [-0.3, -0.25) is 9.78 Å². The van der Waals surface area contributed by atoms with Gasteiger partial charge in [-0.15, -0.1) is 0 Å². The van der Waals surface area contributed by atoms with E-state index in [1.165, 1.54) is 17.1 Å². The highest BCUT2D eigenvalue weighted by Crippen LogP contribution is 2.74. The van der Waals surface area contributed by atoms with Crippen LogP contribution in [0.3, 0.4) is 0 Å². The third-order valence-electron chi connectivity index (χ3n) is 5.97. The molecule has 2 bridgehead atoms. The number of hydrazone groups is 1. The van der Waals surface area contributed by atoms with Crippen LogP contribution in [-0.2, 0) is 4.79 Å². The third-order valence-corrected chi connectivity index (χ3v) is 5.97. The maximum absolute atomic E-state index is 13.6. The van der Waals surface area contributed by atoms with Crippen molar-refractivity contribution in [3.63, 3.8) is 0 Å². The van der Waals surface area contributed by atoms with Crippen molar-refractivity contribution in [2.45, 2.75) is 31.7 Å². The van der Waals surface area contributed by atoms with E-state index in [1.54, 1.807) is 24.8 Å². The molecule has 2 aromatic rings. The van der Waals surface area contributed by atoms with E-state index in [-0.39, 0.29) is 11.3 Å². The van der Waals surface area contributed by atoms with Crippen LogP contribution in [0.1, 0.15) is 37.3 Å². The summed E-state index contributed by atoms with van der Waals surface area (Å²) < 4.78 is 32.9. The maximum Gasteiger partial charge on any atom is 0.249 e. The molecule has 8 heteroatoms. The average molecular weight is 384 g/mol. The molecule has 3 saturated carbocycles. The lowest BCUT2D eigenvalue weighted by atomic mass is 9.35. The van der Waals surface area contributed by atoms with Crippen LogP contribution in [-0.4, -0.2) is 33.7 Å². The van der Waals surface area contributed by atoms with Gasteiger partial charge in [0.1, 0.15) is 11.6 Å². The van der Waals surface area contributed by atoms with E-state index < -0.39 is 23.1 Å². The molecule has 3 aliphatic carbocycles. The number of hydrogen-bond acceptors (Lipinski definition) is 5. The molecule has 4 aliphatic rings. The number of halogens is 2. The van der Waals surface area contributed by atoms with Crippen molar-refractivity contribution in [2.75, 3.05) is 6.61 Å². The number of rotatable bonds is 5. The Bertz CT molecular complexity index is 926. The summed E-state index contributed by atoms with van der Waals surface area (Å²) in [4.78, 5) is 21.2. The minimum atomic E-state index is -0.653. The minimum Gasteiger partial charge on any atom is -0.476 e. The second kappa shape index (κ2) is 6.05. The number of nitrogens with zero attached hydrogens (tertiary/aromatic N) is 4. The summed E-state index contributed by atoms with van der Waals surface area (Å²) in [6.45, 7) is 0.503. The first kappa shape index (κ1) is 17.2. The van der Waals surface area contributed by atoms with Gasteiger partial charge in [-0.2, -0.15) is 5.10 Å². The van der Waals surface area contributed by atoms with Crippen molar-refractivity contribution in [2.24, 2.45) is 15.9 Å². The van der Waals surface area contributed by atoms with Crippen molar-refractivity contribution in [3.05, 3.63) is 54.0 Å². The molecule has 28 heavy (non-hydrogen) atoms. The monoisotopic (exact) mass is 384 g/mol. The highest BCUT2D eigenvalue weighted by Gasteiger charge is 2.73. The first-order valence-electron chi connectivity index (χ1n) is 9.20. The standard InChI is InChI=1S/C20H18F2N4O2/c21-14-5-13(6-15(22)7-14)16-1-2-25-26(16)18(27)20-9-19(10-20,11-20)12-28-17-8-23-3-4-24-17/h2-8,16H,1,9-12H2. The summed E-state index contributed by atoms with van der Waals surface area (Å²) in [7, 11) is 0. The smallest absolute Gasteiger partial charge is 0.249 e. The van der Waals surface area contributed by atoms with Gasteiger partial charge in [0, 0.05) is 36.5 Å². The van der Waals surface area contributed by atoms with Crippen LogP contribution in [0.5, 0.6) is 5.88 Å². The molecule has 0 N–H and O–H groups in total. The van der Waals surface area contributed by atoms with E-state index in [0.717, 1.165) is 25.3 Å². The molecule has 6 rings (SSSR count). The van der Waals surface area contributed by atoms with Crippen LogP contribution >= 0.6 is 0 Å². The van der Waals surface area contributed by atoms with Gasteiger partial charge < -0.3 is 4.74 Å². The molecule has 1 aromatic carbocycles. The lowest BCUT2D eigenvalue weighted by Gasteiger charge is -2.69. The van der Waals surface area contributed by atoms with Gasteiger partial charge in [-0.25, -0.2) is 18.8 Å². The first-order valence-corrected chi connectivity index (χ1v) is 9.20. The number of aromatic nitrogens is 2. The number of carbonyl (C=O) groups excluding carboxylic acids is 1. The third kappa shape index (κ3) is 2.66. The fourth-order valence-corrected chi connectivity index (χ4v) is 4.86. The van der Waals surface area contributed by atoms with Crippen molar-refractivity contribution in [1.29, 1.82) is 0 Å². The summed E-state index contributed by atoms with van der Waals surface area (Å²) >= 11 is 0. The summed E-state index contributed by atoms with van der Waals surface area (Å²) in [5.41, 5.74) is -0.00938. The molecule has 1 aliphatic heterocycles. The molecule has 1 unspecified atom stereocenters. The van der Waals surface area contributed by atoms with Crippen LogP contribution in [0.15, 0.2) is 41.9 Å². The van der Waals surface area contributed by atoms with Crippen LogP contribution in [0.2, 0.25) is 0 Å². The molecular formula is C20H18F2N4O2. The zero-order chi connectivity index (χ0) is 19.4. The Labute approximate surface area is 160 Å². The Morgan fingerprint density at radius 2 is 1.93 bits per heavy atom. The van der Waals surface area contributed by atoms with Crippen LogP contribution in [0.4, 0.5) is 8.78 Å². The summed E-state index contributed by atoms with van der Waals surface area (Å²) in [5, 5.41) is 5.61.